The molecule has 0 unspecified atom stereocenters. The third-order valence-electron chi connectivity index (χ3n) is 3.32. The van der Waals surface area contributed by atoms with E-state index in [1.54, 1.807) is 12.1 Å². The van der Waals surface area contributed by atoms with Crippen LogP contribution < -0.4 is 10.1 Å². The Morgan fingerprint density at radius 3 is 2.79 bits per heavy atom. The van der Waals surface area contributed by atoms with Gasteiger partial charge in [-0.15, -0.1) is 0 Å². The van der Waals surface area contributed by atoms with Crippen molar-refractivity contribution in [2.45, 2.75) is 18.6 Å². The summed E-state index contributed by atoms with van der Waals surface area (Å²) in [4.78, 5) is 22.6. The van der Waals surface area contributed by atoms with E-state index in [9.17, 15) is 9.59 Å². The van der Waals surface area contributed by atoms with E-state index < -0.39 is 24.7 Å². The van der Waals surface area contributed by atoms with Crippen LogP contribution in [0.2, 0.25) is 10.0 Å². The number of aliphatic carboxylic acids is 1. The molecule has 0 aliphatic carbocycles. The number of carbonyl (C=O) groups excluding carboxylic acids is 1. The van der Waals surface area contributed by atoms with Gasteiger partial charge in [-0.05, 0) is 18.6 Å². The predicted octanol–water partition coefficient (Wildman–Crippen LogP) is 1.75. The molecule has 7 nitrogen and oxygen atoms in total. The quantitative estimate of drug-likeness (QED) is 0.751. The molecule has 0 spiro atoms. The zero-order valence-electron chi connectivity index (χ0n) is 12.7. The Labute approximate surface area is 148 Å². The Morgan fingerprint density at radius 1 is 1.29 bits per heavy atom. The minimum atomic E-state index is -1.06. The number of ether oxygens (including phenoxy) is 3. The first-order valence-electron chi connectivity index (χ1n) is 7.24. The Balaban J connectivity index is 1.82. The first-order chi connectivity index (χ1) is 11.5. The zero-order valence-corrected chi connectivity index (χ0v) is 14.2. The lowest BCUT2D eigenvalue weighted by atomic mass is 10.1. The maximum Gasteiger partial charge on any atom is 0.329 e. The SMILES string of the molecule is O=C(O)CO[C@H]1CCOC[C@H]1NC(=O)COc1ccc(Cl)c(Cl)c1. The lowest BCUT2D eigenvalue weighted by Gasteiger charge is -2.31. The first kappa shape index (κ1) is 18.8. The highest BCUT2D eigenvalue weighted by Gasteiger charge is 2.28. The van der Waals surface area contributed by atoms with Gasteiger partial charge in [0.05, 0.1) is 28.8 Å². The molecule has 2 N–H and O–H groups in total. The van der Waals surface area contributed by atoms with Crippen molar-refractivity contribution >= 4 is 35.1 Å². The van der Waals surface area contributed by atoms with E-state index in [1.807, 2.05) is 0 Å². The van der Waals surface area contributed by atoms with Gasteiger partial charge in [0.15, 0.2) is 6.61 Å². The van der Waals surface area contributed by atoms with Gasteiger partial charge in [-0.2, -0.15) is 0 Å². The summed E-state index contributed by atoms with van der Waals surface area (Å²) >= 11 is 11.7. The number of carbonyl (C=O) groups is 2. The number of halogens is 2. The van der Waals surface area contributed by atoms with Gasteiger partial charge in [-0.3, -0.25) is 4.79 Å². The molecule has 1 aliphatic heterocycles. The normalized spacial score (nSPS) is 20.4. The number of carboxylic acid groups (broad SMARTS) is 1. The summed E-state index contributed by atoms with van der Waals surface area (Å²) in [5.74, 6) is -1.02. The van der Waals surface area contributed by atoms with Gasteiger partial charge in [0.2, 0.25) is 0 Å². The van der Waals surface area contributed by atoms with Gasteiger partial charge in [0.25, 0.3) is 5.91 Å². The number of rotatable bonds is 7. The van der Waals surface area contributed by atoms with E-state index in [1.165, 1.54) is 6.07 Å². The number of carboxylic acids is 1. The van der Waals surface area contributed by atoms with Crippen LogP contribution >= 0.6 is 23.2 Å². The molecule has 0 aromatic heterocycles. The maximum atomic E-state index is 12.0. The molecular formula is C15H17Cl2NO6. The second-order valence-electron chi connectivity index (χ2n) is 5.15. The summed E-state index contributed by atoms with van der Waals surface area (Å²) in [6, 6.07) is 4.26. The lowest BCUT2D eigenvalue weighted by Crippen LogP contribution is -2.52. The summed E-state index contributed by atoms with van der Waals surface area (Å²) in [7, 11) is 0. The van der Waals surface area contributed by atoms with Crippen molar-refractivity contribution in [1.29, 1.82) is 0 Å². The monoisotopic (exact) mass is 377 g/mol. The van der Waals surface area contributed by atoms with Crippen LogP contribution in [-0.4, -0.2) is 55.6 Å². The molecule has 0 radical (unpaired) electrons. The molecule has 2 rings (SSSR count). The number of nitrogens with one attached hydrogen (secondary N) is 1. The molecule has 0 saturated carbocycles. The van der Waals surface area contributed by atoms with E-state index in [4.69, 9.17) is 42.5 Å². The van der Waals surface area contributed by atoms with Crippen molar-refractivity contribution in [3.05, 3.63) is 28.2 Å². The molecule has 0 bridgehead atoms. The van der Waals surface area contributed by atoms with E-state index in [0.717, 1.165) is 0 Å². The third kappa shape index (κ3) is 5.83. The average Bonchev–Trinajstić information content (AvgIpc) is 2.55. The van der Waals surface area contributed by atoms with Crippen molar-refractivity contribution in [2.75, 3.05) is 26.4 Å². The van der Waals surface area contributed by atoms with Crippen LogP contribution in [0, 0.1) is 0 Å². The van der Waals surface area contributed by atoms with Gasteiger partial charge in [-0.1, -0.05) is 23.2 Å². The largest absolute Gasteiger partial charge is 0.484 e. The third-order valence-corrected chi connectivity index (χ3v) is 4.06. The van der Waals surface area contributed by atoms with Crippen molar-refractivity contribution in [3.8, 4) is 5.75 Å². The highest BCUT2D eigenvalue weighted by atomic mass is 35.5. The molecule has 9 heteroatoms. The fourth-order valence-corrected chi connectivity index (χ4v) is 2.48. The Hall–Kier alpha value is -1.54. The Morgan fingerprint density at radius 2 is 2.08 bits per heavy atom. The zero-order chi connectivity index (χ0) is 17.5. The van der Waals surface area contributed by atoms with Crippen LogP contribution in [0.15, 0.2) is 18.2 Å². The van der Waals surface area contributed by atoms with E-state index in [-0.39, 0.29) is 19.1 Å². The number of amides is 1. The Kier molecular flexibility index (Phi) is 7.11. The second-order valence-corrected chi connectivity index (χ2v) is 5.96. The molecule has 1 fully saturated rings. The smallest absolute Gasteiger partial charge is 0.329 e. The maximum absolute atomic E-state index is 12.0. The summed E-state index contributed by atoms with van der Waals surface area (Å²) in [5.41, 5.74) is 0. The van der Waals surface area contributed by atoms with E-state index in [0.29, 0.717) is 28.8 Å². The molecule has 132 valence electrons. The molecule has 1 aliphatic rings. The van der Waals surface area contributed by atoms with Crippen LogP contribution in [0.5, 0.6) is 5.75 Å². The van der Waals surface area contributed by atoms with Gasteiger partial charge in [-0.25, -0.2) is 4.79 Å². The second kappa shape index (κ2) is 9.08. The number of hydrogen-bond acceptors (Lipinski definition) is 5. The molecule has 1 saturated heterocycles. The predicted molar refractivity (Wildman–Crippen MR) is 86.7 cm³/mol. The minimum absolute atomic E-state index is 0.222. The van der Waals surface area contributed by atoms with Crippen LogP contribution in [0.25, 0.3) is 0 Å². The van der Waals surface area contributed by atoms with Gasteiger partial charge in [0, 0.05) is 12.7 Å². The standard InChI is InChI=1S/C15H17Cl2NO6/c16-10-2-1-9(5-11(10)17)23-7-14(19)18-12-6-22-4-3-13(12)24-8-15(20)21/h1-2,5,12-13H,3-4,6-8H2,(H,18,19)(H,20,21)/t12-,13+/m1/s1. The average molecular weight is 378 g/mol. The fourth-order valence-electron chi connectivity index (χ4n) is 2.19. The van der Waals surface area contributed by atoms with Crippen LogP contribution in [0.3, 0.4) is 0 Å². The molecular weight excluding hydrogens is 361 g/mol. The molecule has 1 amide bonds. The summed E-state index contributed by atoms with van der Waals surface area (Å²) in [5, 5.41) is 12.1. The molecule has 2 atom stereocenters. The minimum Gasteiger partial charge on any atom is -0.484 e. The highest BCUT2D eigenvalue weighted by molar-refractivity contribution is 6.42. The number of hydrogen-bond donors (Lipinski definition) is 2. The van der Waals surface area contributed by atoms with Crippen molar-refractivity contribution in [3.63, 3.8) is 0 Å². The first-order valence-corrected chi connectivity index (χ1v) is 7.99. The van der Waals surface area contributed by atoms with Crippen LogP contribution in [0.1, 0.15) is 6.42 Å². The topological polar surface area (TPSA) is 94.1 Å². The molecule has 1 aromatic carbocycles. The number of benzene rings is 1. The van der Waals surface area contributed by atoms with Crippen molar-refractivity contribution < 1.29 is 28.9 Å². The highest BCUT2D eigenvalue weighted by Crippen LogP contribution is 2.26. The van der Waals surface area contributed by atoms with Gasteiger partial charge in [0.1, 0.15) is 12.4 Å². The lowest BCUT2D eigenvalue weighted by molar-refractivity contribution is -0.148. The summed E-state index contributed by atoms with van der Waals surface area (Å²) < 4.78 is 15.9. The Bertz CT molecular complexity index is 597. The molecule has 1 aromatic rings. The van der Waals surface area contributed by atoms with Gasteiger partial charge < -0.3 is 24.6 Å². The van der Waals surface area contributed by atoms with Crippen LogP contribution in [0.4, 0.5) is 0 Å². The molecule has 24 heavy (non-hydrogen) atoms. The van der Waals surface area contributed by atoms with Crippen molar-refractivity contribution in [2.24, 2.45) is 0 Å². The van der Waals surface area contributed by atoms with E-state index >= 15 is 0 Å². The fraction of sp³-hybridized carbons (Fsp3) is 0.467. The van der Waals surface area contributed by atoms with Crippen molar-refractivity contribution in [1.82, 2.24) is 5.32 Å². The summed E-state index contributed by atoms with van der Waals surface area (Å²) in [6.45, 7) is 0.0656. The van der Waals surface area contributed by atoms with E-state index in [2.05, 4.69) is 5.32 Å². The molecule has 1 heterocycles. The van der Waals surface area contributed by atoms with Gasteiger partial charge >= 0.3 is 5.97 Å². The van der Waals surface area contributed by atoms with Crippen LogP contribution in [-0.2, 0) is 19.1 Å². The summed E-state index contributed by atoms with van der Waals surface area (Å²) in [6.07, 6.45) is 0.0927.